The van der Waals surface area contributed by atoms with Crippen LogP contribution in [0.15, 0.2) is 69.9 Å². The lowest BCUT2D eigenvalue weighted by Crippen LogP contribution is -2.41. The number of morpholine rings is 1. The van der Waals surface area contributed by atoms with Gasteiger partial charge in [-0.15, -0.1) is 11.3 Å². The molecule has 1 fully saturated rings. The van der Waals surface area contributed by atoms with E-state index in [1.54, 1.807) is 42.5 Å². The highest BCUT2D eigenvalue weighted by molar-refractivity contribution is 7.07. The number of amides is 1. The van der Waals surface area contributed by atoms with Crippen molar-refractivity contribution in [1.82, 2.24) is 9.47 Å². The number of hydrogen-bond acceptors (Lipinski definition) is 9. The van der Waals surface area contributed by atoms with Gasteiger partial charge in [-0.05, 0) is 30.3 Å². The summed E-state index contributed by atoms with van der Waals surface area (Å²) in [4.78, 5) is 41.2. The van der Waals surface area contributed by atoms with Crippen LogP contribution in [0, 0.1) is 17.1 Å². The number of carbonyl (C=O) groups is 2. The van der Waals surface area contributed by atoms with E-state index >= 15 is 0 Å². The highest BCUT2D eigenvalue weighted by Gasteiger charge is 2.19. The molecule has 12 heteroatoms. The number of benzene rings is 2. The first-order chi connectivity index (χ1) is 20.9. The molecule has 43 heavy (non-hydrogen) atoms. The molecule has 1 saturated heterocycles. The smallest absolute Gasteiger partial charge is 0.338 e. The van der Waals surface area contributed by atoms with E-state index in [1.807, 2.05) is 6.07 Å². The van der Waals surface area contributed by atoms with Crippen molar-refractivity contribution in [2.45, 2.75) is 6.54 Å². The Hall–Kier alpha value is -4.83. The van der Waals surface area contributed by atoms with Crippen LogP contribution < -0.4 is 20.1 Å². The number of halogens is 1. The van der Waals surface area contributed by atoms with Crippen molar-refractivity contribution in [3.63, 3.8) is 0 Å². The van der Waals surface area contributed by atoms with Crippen molar-refractivity contribution in [2.75, 3.05) is 45.3 Å². The summed E-state index contributed by atoms with van der Waals surface area (Å²) in [5.41, 5.74) is 0.0329. The van der Waals surface area contributed by atoms with Gasteiger partial charge in [-0.2, -0.15) is 5.26 Å². The van der Waals surface area contributed by atoms with Crippen molar-refractivity contribution in [2.24, 2.45) is 0 Å². The first kappa shape index (κ1) is 29.7. The monoisotopic (exact) mass is 602 g/mol. The van der Waals surface area contributed by atoms with Crippen LogP contribution in [0.4, 0.5) is 10.1 Å². The molecule has 0 saturated carbocycles. The van der Waals surface area contributed by atoms with Gasteiger partial charge in [0, 0.05) is 37.8 Å². The summed E-state index contributed by atoms with van der Waals surface area (Å²) < 4.78 is 32.2. The van der Waals surface area contributed by atoms with E-state index < -0.39 is 23.3 Å². The number of esters is 1. The number of ether oxygens (including phenoxy) is 2. The van der Waals surface area contributed by atoms with E-state index in [0.717, 1.165) is 11.3 Å². The predicted molar refractivity (Wildman–Crippen MR) is 158 cm³/mol. The third-order valence-electron chi connectivity index (χ3n) is 6.82. The van der Waals surface area contributed by atoms with Gasteiger partial charge in [-0.1, -0.05) is 30.3 Å². The molecule has 1 amide bonds. The molecule has 1 aliphatic heterocycles. The Morgan fingerprint density at radius 2 is 1.84 bits per heavy atom. The molecule has 0 radical (unpaired) electrons. The number of nitriles is 1. The zero-order chi connectivity index (χ0) is 30.3. The number of carbonyl (C=O) groups excluding carboxylic acids is 2. The highest BCUT2D eigenvalue weighted by atomic mass is 32.1. The fourth-order valence-corrected chi connectivity index (χ4v) is 5.71. The van der Waals surface area contributed by atoms with Crippen LogP contribution in [-0.4, -0.2) is 61.3 Å². The van der Waals surface area contributed by atoms with Gasteiger partial charge in [0.15, 0.2) is 5.57 Å². The number of rotatable bonds is 8. The molecule has 0 aliphatic carbocycles. The third kappa shape index (κ3) is 6.65. The van der Waals surface area contributed by atoms with Crippen LogP contribution >= 0.6 is 11.3 Å². The zero-order valence-corrected chi connectivity index (χ0v) is 24.0. The Morgan fingerprint density at radius 3 is 2.58 bits per heavy atom. The maximum Gasteiger partial charge on any atom is 0.338 e. The highest BCUT2D eigenvalue weighted by Crippen LogP contribution is 2.26. The molecule has 0 unspecified atom stereocenters. The molecule has 2 aromatic carbocycles. The Morgan fingerprint density at radius 1 is 1.09 bits per heavy atom. The molecule has 0 bridgehead atoms. The standard InChI is InChI=1S/C31H27FN4O6S/c1-40-31(39)22-7-3-2-6-21(22)26-11-10-20(42-26)18-27-29(38)36(13-12-35-14-16-41-17-15-35)30(43-27)23(19-33)28(37)34-25-9-5-4-8-24(25)32/h2-11,18H,12-17H2,1H3,(H,34,37). The number of nitrogens with one attached hydrogen (secondary N) is 1. The van der Waals surface area contributed by atoms with Gasteiger partial charge in [-0.3, -0.25) is 19.1 Å². The molecule has 10 nitrogen and oxygen atoms in total. The Kier molecular flexibility index (Phi) is 9.26. The minimum absolute atomic E-state index is 0.0823. The van der Waals surface area contributed by atoms with Crippen LogP contribution in [0.25, 0.3) is 23.0 Å². The Labute approximate surface area is 249 Å². The maximum atomic E-state index is 14.2. The second-order valence-electron chi connectivity index (χ2n) is 9.49. The topological polar surface area (TPSA) is 127 Å². The predicted octanol–water partition coefficient (Wildman–Crippen LogP) is 2.57. The molecule has 1 N–H and O–H groups in total. The number of methoxy groups -OCH3 is 1. The van der Waals surface area contributed by atoms with Crippen molar-refractivity contribution in [3.8, 4) is 17.4 Å². The SMILES string of the molecule is COC(=O)c1ccccc1-c1ccc(C=c2sc(=C(C#N)C(=O)Nc3ccccc3F)n(CCN3CCOCC3)c2=O)o1. The lowest BCUT2D eigenvalue weighted by Gasteiger charge is -2.26. The summed E-state index contributed by atoms with van der Waals surface area (Å²) in [6, 6.07) is 17.7. The van der Waals surface area contributed by atoms with Gasteiger partial charge in [0.05, 0.1) is 36.1 Å². The molecule has 3 heterocycles. The van der Waals surface area contributed by atoms with E-state index in [9.17, 15) is 24.0 Å². The summed E-state index contributed by atoms with van der Waals surface area (Å²) in [6.45, 7) is 3.24. The maximum absolute atomic E-state index is 14.2. The number of thiazole rings is 1. The van der Waals surface area contributed by atoms with Gasteiger partial charge < -0.3 is 19.2 Å². The van der Waals surface area contributed by atoms with Crippen LogP contribution in [0.5, 0.6) is 0 Å². The number of nitrogens with zero attached hydrogens (tertiary/aromatic N) is 3. The summed E-state index contributed by atoms with van der Waals surface area (Å²) in [5.74, 6) is -1.28. The normalized spacial score (nSPS) is 14.7. The number of furan rings is 1. The molecule has 220 valence electrons. The van der Waals surface area contributed by atoms with Crippen molar-refractivity contribution in [1.29, 1.82) is 5.26 Å². The number of aromatic nitrogens is 1. The van der Waals surface area contributed by atoms with Gasteiger partial charge in [-0.25, -0.2) is 9.18 Å². The van der Waals surface area contributed by atoms with E-state index in [4.69, 9.17) is 13.9 Å². The van der Waals surface area contributed by atoms with Gasteiger partial charge in [0.2, 0.25) is 0 Å². The number of para-hydroxylation sites is 1. The van der Waals surface area contributed by atoms with Gasteiger partial charge >= 0.3 is 5.97 Å². The number of anilines is 1. The van der Waals surface area contributed by atoms with Crippen molar-refractivity contribution >= 4 is 40.5 Å². The summed E-state index contributed by atoms with van der Waals surface area (Å²) >= 11 is 0.964. The fraction of sp³-hybridized carbons (Fsp3) is 0.226. The van der Waals surface area contributed by atoms with E-state index in [0.29, 0.717) is 55.5 Å². The minimum atomic E-state index is -0.833. The van der Waals surface area contributed by atoms with E-state index in [2.05, 4.69) is 10.2 Å². The average Bonchev–Trinajstić information content (AvgIpc) is 3.62. The van der Waals surface area contributed by atoms with Crippen LogP contribution in [0.3, 0.4) is 0 Å². The Balaban J connectivity index is 1.57. The lowest BCUT2D eigenvalue weighted by atomic mass is 10.1. The first-order valence-electron chi connectivity index (χ1n) is 13.4. The molecular weight excluding hydrogens is 575 g/mol. The molecule has 2 aromatic heterocycles. The molecule has 4 aromatic rings. The largest absolute Gasteiger partial charge is 0.465 e. The minimum Gasteiger partial charge on any atom is -0.465 e. The second kappa shape index (κ2) is 13.4. The molecular formula is C31H27FN4O6S. The van der Waals surface area contributed by atoms with Crippen LogP contribution in [0.1, 0.15) is 16.1 Å². The van der Waals surface area contributed by atoms with E-state index in [1.165, 1.54) is 36.0 Å². The van der Waals surface area contributed by atoms with Crippen molar-refractivity contribution in [3.05, 3.63) is 97.4 Å². The average molecular weight is 603 g/mol. The summed E-state index contributed by atoms with van der Waals surface area (Å²) in [7, 11) is 1.29. The lowest BCUT2D eigenvalue weighted by molar-refractivity contribution is -0.111. The summed E-state index contributed by atoms with van der Waals surface area (Å²) in [6.07, 6.45) is 1.52. The summed E-state index contributed by atoms with van der Waals surface area (Å²) in [5, 5.41) is 12.4. The quantitative estimate of drug-likeness (QED) is 0.305. The zero-order valence-electron chi connectivity index (χ0n) is 23.2. The van der Waals surface area contributed by atoms with Crippen LogP contribution in [-0.2, 0) is 20.8 Å². The fourth-order valence-electron chi connectivity index (χ4n) is 4.61. The molecule has 5 rings (SSSR count). The van der Waals surface area contributed by atoms with E-state index in [-0.39, 0.29) is 27.0 Å². The second-order valence-corrected chi connectivity index (χ2v) is 10.5. The molecule has 0 spiro atoms. The van der Waals surface area contributed by atoms with Gasteiger partial charge in [0.25, 0.3) is 11.5 Å². The molecule has 1 aliphatic rings. The number of hydrogen-bond donors (Lipinski definition) is 1. The third-order valence-corrected chi connectivity index (χ3v) is 7.95. The Bertz CT molecular complexity index is 1880. The van der Waals surface area contributed by atoms with Crippen molar-refractivity contribution < 1.29 is 27.9 Å². The van der Waals surface area contributed by atoms with Gasteiger partial charge in [0.1, 0.15) is 28.1 Å². The molecule has 0 atom stereocenters. The van der Waals surface area contributed by atoms with Crippen LogP contribution in [0.2, 0.25) is 0 Å². The first-order valence-corrected chi connectivity index (χ1v) is 14.2.